The Bertz CT molecular complexity index is 395. The van der Waals surface area contributed by atoms with E-state index in [9.17, 15) is 0 Å². The number of hydrogen-bond donors (Lipinski definition) is 1. The summed E-state index contributed by atoms with van der Waals surface area (Å²) in [4.78, 5) is 2.26. The molecule has 100 valence electrons. The minimum absolute atomic E-state index is 0.178. The van der Waals surface area contributed by atoms with E-state index >= 15 is 0 Å². The van der Waals surface area contributed by atoms with Crippen molar-refractivity contribution in [1.29, 1.82) is 0 Å². The van der Waals surface area contributed by atoms with Gasteiger partial charge in [-0.15, -0.1) is 0 Å². The number of rotatable bonds is 3. The van der Waals surface area contributed by atoms with Crippen LogP contribution < -0.4 is 5.73 Å². The monoisotopic (exact) mass is 266 g/mol. The van der Waals surface area contributed by atoms with Crippen molar-refractivity contribution in [2.24, 2.45) is 5.73 Å². The highest BCUT2D eigenvalue weighted by atomic mass is 35.5. The number of nitrogens with zero attached hydrogens (tertiary/aromatic N) is 1. The first-order valence-corrected chi connectivity index (χ1v) is 7.07. The molecule has 0 aromatic heterocycles. The maximum absolute atomic E-state index is 6.42. The molecule has 0 saturated heterocycles. The van der Waals surface area contributed by atoms with Crippen molar-refractivity contribution in [3.63, 3.8) is 0 Å². The van der Waals surface area contributed by atoms with Gasteiger partial charge in [0, 0.05) is 23.0 Å². The van der Waals surface area contributed by atoms with Crippen molar-refractivity contribution >= 4 is 11.6 Å². The Morgan fingerprint density at radius 1 is 1.28 bits per heavy atom. The standard InChI is InChI=1S/C15H23ClN2/c1-18(2)11-15(9-7-12(17)8-10-15)13-5-3-4-6-14(13)16/h3-6,12H,7-11,17H2,1-2H3. The molecule has 0 spiro atoms. The summed E-state index contributed by atoms with van der Waals surface area (Å²) < 4.78 is 0. The maximum atomic E-state index is 6.42. The predicted octanol–water partition coefficient (Wildman–Crippen LogP) is 3.04. The van der Waals surface area contributed by atoms with Crippen LogP contribution in [-0.4, -0.2) is 31.6 Å². The average Bonchev–Trinajstić information content (AvgIpc) is 2.32. The molecule has 2 rings (SSSR count). The summed E-state index contributed by atoms with van der Waals surface area (Å²) in [5, 5.41) is 0.898. The quantitative estimate of drug-likeness (QED) is 0.911. The molecule has 0 unspecified atom stereocenters. The van der Waals surface area contributed by atoms with Crippen molar-refractivity contribution in [1.82, 2.24) is 4.90 Å². The van der Waals surface area contributed by atoms with E-state index in [0.717, 1.165) is 37.3 Å². The van der Waals surface area contributed by atoms with Gasteiger partial charge in [-0.3, -0.25) is 0 Å². The smallest absolute Gasteiger partial charge is 0.0444 e. The molecular formula is C15H23ClN2. The number of benzene rings is 1. The third-order valence-electron chi connectivity index (χ3n) is 4.05. The van der Waals surface area contributed by atoms with Gasteiger partial charge in [-0.25, -0.2) is 0 Å². The van der Waals surface area contributed by atoms with Gasteiger partial charge >= 0.3 is 0 Å². The molecule has 1 aliphatic carbocycles. The molecule has 0 bridgehead atoms. The Balaban J connectivity index is 2.33. The molecule has 1 fully saturated rings. The summed E-state index contributed by atoms with van der Waals surface area (Å²) in [6, 6.07) is 8.64. The third-order valence-corrected chi connectivity index (χ3v) is 4.38. The highest BCUT2D eigenvalue weighted by Crippen LogP contribution is 2.42. The molecule has 1 aromatic carbocycles. The molecule has 18 heavy (non-hydrogen) atoms. The van der Waals surface area contributed by atoms with Crippen molar-refractivity contribution < 1.29 is 0 Å². The normalized spacial score (nSPS) is 28.6. The lowest BCUT2D eigenvalue weighted by atomic mass is 9.68. The van der Waals surface area contributed by atoms with Gasteiger partial charge in [0.05, 0.1) is 0 Å². The highest BCUT2D eigenvalue weighted by molar-refractivity contribution is 6.31. The van der Waals surface area contributed by atoms with Gasteiger partial charge in [-0.05, 0) is 51.4 Å². The van der Waals surface area contributed by atoms with E-state index in [2.05, 4.69) is 31.1 Å². The van der Waals surface area contributed by atoms with Crippen LogP contribution in [0.4, 0.5) is 0 Å². The summed E-state index contributed by atoms with van der Waals surface area (Å²) in [6.45, 7) is 1.05. The zero-order valence-electron chi connectivity index (χ0n) is 11.3. The van der Waals surface area contributed by atoms with Crippen LogP contribution in [0, 0.1) is 0 Å². The summed E-state index contributed by atoms with van der Waals surface area (Å²) >= 11 is 6.42. The van der Waals surface area contributed by atoms with E-state index in [0.29, 0.717) is 6.04 Å². The summed E-state index contributed by atoms with van der Waals surface area (Å²) in [5.74, 6) is 0. The second kappa shape index (κ2) is 5.60. The molecule has 0 heterocycles. The van der Waals surface area contributed by atoms with Gasteiger partial charge < -0.3 is 10.6 Å². The molecule has 3 heteroatoms. The molecule has 0 radical (unpaired) electrons. The fourth-order valence-corrected chi connectivity index (χ4v) is 3.54. The Hall–Kier alpha value is -0.570. The Labute approximate surface area is 115 Å². The fourth-order valence-electron chi connectivity index (χ4n) is 3.20. The van der Waals surface area contributed by atoms with Crippen LogP contribution in [0.3, 0.4) is 0 Å². The highest BCUT2D eigenvalue weighted by Gasteiger charge is 2.37. The first-order valence-electron chi connectivity index (χ1n) is 6.69. The van der Waals surface area contributed by atoms with Crippen LogP contribution in [0.5, 0.6) is 0 Å². The zero-order chi connectivity index (χ0) is 13.2. The Morgan fingerprint density at radius 2 is 1.89 bits per heavy atom. The molecule has 1 aliphatic rings. The summed E-state index contributed by atoms with van der Waals surface area (Å²) in [5.41, 5.74) is 7.53. The minimum Gasteiger partial charge on any atom is -0.328 e. The second-order valence-corrected chi connectivity index (χ2v) is 6.24. The van der Waals surface area contributed by atoms with Crippen molar-refractivity contribution in [3.8, 4) is 0 Å². The summed E-state index contributed by atoms with van der Waals surface area (Å²) in [6.07, 6.45) is 4.46. The van der Waals surface area contributed by atoms with Gasteiger partial charge in [0.25, 0.3) is 0 Å². The number of halogens is 1. The Morgan fingerprint density at radius 3 is 2.44 bits per heavy atom. The van der Waals surface area contributed by atoms with Gasteiger partial charge in [-0.1, -0.05) is 29.8 Å². The lowest BCUT2D eigenvalue weighted by Crippen LogP contribution is -2.43. The molecule has 1 aromatic rings. The van der Waals surface area contributed by atoms with Crippen LogP contribution in [-0.2, 0) is 5.41 Å². The Kier molecular flexibility index (Phi) is 4.31. The largest absolute Gasteiger partial charge is 0.328 e. The van der Waals surface area contributed by atoms with E-state index in [1.54, 1.807) is 0 Å². The lowest BCUT2D eigenvalue weighted by Gasteiger charge is -2.42. The number of likely N-dealkylation sites (N-methyl/N-ethyl adjacent to an activating group) is 1. The lowest BCUT2D eigenvalue weighted by molar-refractivity contribution is 0.204. The zero-order valence-corrected chi connectivity index (χ0v) is 12.1. The number of nitrogens with two attached hydrogens (primary N) is 1. The minimum atomic E-state index is 0.178. The molecule has 1 saturated carbocycles. The van der Waals surface area contributed by atoms with Crippen molar-refractivity contribution in [3.05, 3.63) is 34.9 Å². The van der Waals surface area contributed by atoms with Crippen molar-refractivity contribution in [2.75, 3.05) is 20.6 Å². The van der Waals surface area contributed by atoms with Crippen LogP contribution in [0.25, 0.3) is 0 Å². The second-order valence-electron chi connectivity index (χ2n) is 5.84. The van der Waals surface area contributed by atoms with E-state index in [4.69, 9.17) is 17.3 Å². The first kappa shape index (κ1) is 13.9. The molecule has 0 amide bonds. The van der Waals surface area contributed by atoms with Gasteiger partial charge in [0.2, 0.25) is 0 Å². The molecule has 0 aliphatic heterocycles. The van der Waals surface area contributed by atoms with Gasteiger partial charge in [-0.2, -0.15) is 0 Å². The molecule has 0 atom stereocenters. The SMILES string of the molecule is CN(C)CC1(c2ccccc2Cl)CCC(N)CC1. The van der Waals surface area contributed by atoms with E-state index in [1.807, 2.05) is 12.1 Å². The molecule has 2 nitrogen and oxygen atoms in total. The van der Waals surface area contributed by atoms with Gasteiger partial charge in [0.15, 0.2) is 0 Å². The van der Waals surface area contributed by atoms with Crippen LogP contribution >= 0.6 is 11.6 Å². The summed E-state index contributed by atoms with van der Waals surface area (Å²) in [7, 11) is 4.26. The van der Waals surface area contributed by atoms with Crippen LogP contribution in [0.2, 0.25) is 5.02 Å². The fraction of sp³-hybridized carbons (Fsp3) is 0.600. The molecule has 2 N–H and O–H groups in total. The van der Waals surface area contributed by atoms with E-state index in [-0.39, 0.29) is 5.41 Å². The third kappa shape index (κ3) is 2.87. The van der Waals surface area contributed by atoms with E-state index in [1.165, 1.54) is 5.56 Å². The van der Waals surface area contributed by atoms with E-state index < -0.39 is 0 Å². The van der Waals surface area contributed by atoms with Crippen LogP contribution in [0.1, 0.15) is 31.2 Å². The first-order chi connectivity index (χ1) is 8.53. The number of hydrogen-bond acceptors (Lipinski definition) is 2. The van der Waals surface area contributed by atoms with Gasteiger partial charge in [0.1, 0.15) is 0 Å². The predicted molar refractivity (Wildman–Crippen MR) is 78.1 cm³/mol. The van der Waals surface area contributed by atoms with Crippen molar-refractivity contribution in [2.45, 2.75) is 37.1 Å². The van der Waals surface area contributed by atoms with Crippen LogP contribution in [0.15, 0.2) is 24.3 Å². The molecular weight excluding hydrogens is 244 g/mol. The topological polar surface area (TPSA) is 29.3 Å². The maximum Gasteiger partial charge on any atom is 0.0444 e. The average molecular weight is 267 g/mol.